The molecule has 30 heavy (non-hydrogen) atoms. The van der Waals surface area contributed by atoms with Crippen molar-refractivity contribution in [2.45, 2.75) is 81.5 Å². The van der Waals surface area contributed by atoms with Gasteiger partial charge >= 0.3 is 0 Å². The van der Waals surface area contributed by atoms with Gasteiger partial charge in [0, 0.05) is 35.3 Å². The molecule has 1 heterocycles. The Morgan fingerprint density at radius 2 is 1.90 bits per heavy atom. The van der Waals surface area contributed by atoms with E-state index >= 15 is 0 Å². The summed E-state index contributed by atoms with van der Waals surface area (Å²) >= 11 is 1.67. The number of nitrogens with two attached hydrogens (primary N) is 1. The maximum atomic E-state index is 13.1. The Hall–Kier alpha value is -1.08. The monoisotopic (exact) mass is 433 g/mol. The molecule has 2 aliphatic rings. The van der Waals surface area contributed by atoms with Crippen LogP contribution < -0.4 is 11.1 Å². The first-order valence-corrected chi connectivity index (χ1v) is 12.4. The molecular formula is C24H39N3O2S. The first kappa shape index (κ1) is 23.6. The topological polar surface area (TPSA) is 78.6 Å². The van der Waals surface area contributed by atoms with Crippen LogP contribution in [0.5, 0.6) is 0 Å². The van der Waals surface area contributed by atoms with Crippen LogP contribution in [0.25, 0.3) is 0 Å². The zero-order valence-corrected chi connectivity index (χ0v) is 19.5. The molecule has 1 saturated heterocycles. The fraction of sp³-hybridized carbons (Fsp3) is 0.708. The lowest BCUT2D eigenvalue weighted by Crippen LogP contribution is -2.59. The van der Waals surface area contributed by atoms with Crippen LogP contribution >= 0.6 is 11.8 Å². The van der Waals surface area contributed by atoms with Crippen LogP contribution in [-0.2, 0) is 4.79 Å². The normalized spacial score (nSPS) is 27.2. The number of hydrogen-bond acceptors (Lipinski definition) is 5. The Labute approximate surface area is 186 Å². The molecule has 1 aliphatic carbocycles. The number of hydrogen-bond donors (Lipinski definition) is 3. The van der Waals surface area contributed by atoms with Gasteiger partial charge in [0.1, 0.15) is 0 Å². The van der Waals surface area contributed by atoms with E-state index in [1.165, 1.54) is 25.7 Å². The maximum Gasteiger partial charge on any atom is 0.237 e. The smallest absolute Gasteiger partial charge is 0.237 e. The zero-order valence-electron chi connectivity index (χ0n) is 18.7. The van der Waals surface area contributed by atoms with Gasteiger partial charge in [-0.05, 0) is 57.6 Å². The second-order valence-electron chi connectivity index (χ2n) is 10.1. The number of amides is 1. The first-order chi connectivity index (χ1) is 14.2. The van der Waals surface area contributed by atoms with Gasteiger partial charge < -0.3 is 16.2 Å². The highest BCUT2D eigenvalue weighted by Crippen LogP contribution is 2.38. The van der Waals surface area contributed by atoms with Crippen LogP contribution in [0.15, 0.2) is 35.2 Å². The average molecular weight is 434 g/mol. The molecule has 1 aliphatic heterocycles. The largest absolute Gasteiger partial charge is 0.390 e. The Morgan fingerprint density at radius 1 is 1.23 bits per heavy atom. The maximum absolute atomic E-state index is 13.1. The molecule has 168 valence electrons. The molecular weight excluding hydrogens is 394 g/mol. The molecule has 1 aromatic carbocycles. The number of nitrogens with zero attached hydrogens (tertiary/aromatic N) is 1. The van der Waals surface area contributed by atoms with E-state index in [9.17, 15) is 9.90 Å². The molecule has 2 fully saturated rings. The number of thioether (sulfide) groups is 1. The van der Waals surface area contributed by atoms with Crippen LogP contribution in [0.4, 0.5) is 0 Å². The summed E-state index contributed by atoms with van der Waals surface area (Å²) in [6.07, 6.45) is 5.27. The van der Waals surface area contributed by atoms with Gasteiger partial charge in [-0.2, -0.15) is 0 Å². The molecule has 6 heteroatoms. The molecule has 5 atom stereocenters. The van der Waals surface area contributed by atoms with Crippen LogP contribution in [0.2, 0.25) is 0 Å². The zero-order chi connectivity index (χ0) is 21.7. The van der Waals surface area contributed by atoms with Crippen LogP contribution in [-0.4, -0.2) is 58.5 Å². The number of β-amino-alcohol motifs (C(OH)–C–C–N with tert-alkyl or cyclic N) is 1. The standard InChI is InChI=1S/C24H39N3O2S/c1-24(2,3)26-23(29)21-13-17-9-7-8-10-18(17)14-27(21)15-22(28)20(25)16-30-19-11-5-4-6-12-19/h4-6,11-12,17-18,20-22,28H,7-10,13-16,25H2,1-3H3,(H,26,29)/t17-,18+,20+,21-,22+/m0/s1. The van der Waals surface area contributed by atoms with Crippen molar-refractivity contribution >= 4 is 17.7 Å². The summed E-state index contributed by atoms with van der Waals surface area (Å²) in [5.41, 5.74) is 6.08. The van der Waals surface area contributed by atoms with Gasteiger partial charge in [-0.25, -0.2) is 0 Å². The number of likely N-dealkylation sites (tertiary alicyclic amines) is 1. The molecule has 0 aromatic heterocycles. The Bertz CT molecular complexity index is 679. The Morgan fingerprint density at radius 3 is 2.57 bits per heavy atom. The van der Waals surface area contributed by atoms with E-state index in [1.807, 2.05) is 39.0 Å². The lowest BCUT2D eigenvalue weighted by molar-refractivity contribution is -0.132. The molecule has 1 aromatic rings. The van der Waals surface area contributed by atoms with Gasteiger partial charge in [-0.3, -0.25) is 9.69 Å². The lowest BCUT2D eigenvalue weighted by atomic mass is 9.72. The predicted octanol–water partition coefficient (Wildman–Crippen LogP) is 3.26. The van der Waals surface area contributed by atoms with E-state index < -0.39 is 6.10 Å². The quantitative estimate of drug-likeness (QED) is 0.575. The number of carbonyl (C=O) groups excluding carboxylic acids is 1. The van der Waals surface area contributed by atoms with Crippen molar-refractivity contribution in [3.8, 4) is 0 Å². The third-order valence-corrected chi connectivity index (χ3v) is 7.56. The molecule has 0 spiro atoms. The molecule has 1 saturated carbocycles. The van der Waals surface area contributed by atoms with Crippen LogP contribution in [0, 0.1) is 11.8 Å². The number of aliphatic hydroxyl groups is 1. The second-order valence-corrected chi connectivity index (χ2v) is 11.2. The van der Waals surface area contributed by atoms with Gasteiger partial charge in [0.25, 0.3) is 0 Å². The summed E-state index contributed by atoms with van der Waals surface area (Å²) in [5, 5.41) is 14.0. The van der Waals surface area contributed by atoms with Gasteiger partial charge in [0.05, 0.1) is 12.1 Å². The van der Waals surface area contributed by atoms with Crippen LogP contribution in [0.1, 0.15) is 52.9 Å². The minimum absolute atomic E-state index is 0.0888. The Balaban J connectivity index is 1.62. The third-order valence-electron chi connectivity index (χ3n) is 6.40. The summed E-state index contributed by atoms with van der Waals surface area (Å²) in [5.74, 6) is 2.01. The third kappa shape index (κ3) is 6.71. The summed E-state index contributed by atoms with van der Waals surface area (Å²) in [7, 11) is 0. The van der Waals surface area contributed by atoms with Crippen LogP contribution in [0.3, 0.4) is 0 Å². The molecule has 0 radical (unpaired) electrons. The van der Waals surface area contributed by atoms with Crippen molar-refractivity contribution in [3.05, 3.63) is 30.3 Å². The summed E-state index contributed by atoms with van der Waals surface area (Å²) in [6.45, 7) is 7.41. The van der Waals surface area contributed by atoms with Crippen molar-refractivity contribution in [2.75, 3.05) is 18.8 Å². The second kappa shape index (κ2) is 10.5. The van der Waals surface area contributed by atoms with Gasteiger partial charge in [0.2, 0.25) is 5.91 Å². The van der Waals surface area contributed by atoms with Gasteiger partial charge in [0.15, 0.2) is 0 Å². The highest BCUT2D eigenvalue weighted by atomic mass is 32.2. The number of aliphatic hydroxyl groups excluding tert-OH is 1. The SMILES string of the molecule is CC(C)(C)NC(=O)[C@@H]1C[C@@H]2CCCC[C@@H]2CN1C[C@@H](O)[C@H](N)CSc1ccccc1. The van der Waals surface area contributed by atoms with Crippen molar-refractivity contribution in [1.29, 1.82) is 0 Å². The number of carbonyl (C=O) groups is 1. The molecule has 0 bridgehead atoms. The summed E-state index contributed by atoms with van der Waals surface area (Å²) in [6, 6.07) is 9.64. The van der Waals surface area contributed by atoms with Gasteiger partial charge in [-0.1, -0.05) is 37.5 Å². The summed E-state index contributed by atoms with van der Waals surface area (Å²) in [4.78, 5) is 16.5. The average Bonchev–Trinajstić information content (AvgIpc) is 2.71. The first-order valence-electron chi connectivity index (χ1n) is 11.4. The highest BCUT2D eigenvalue weighted by Gasteiger charge is 2.41. The molecule has 4 N–H and O–H groups in total. The fourth-order valence-electron chi connectivity index (χ4n) is 4.82. The number of rotatable bonds is 7. The van der Waals surface area contributed by atoms with Crippen molar-refractivity contribution in [2.24, 2.45) is 17.6 Å². The molecule has 0 unspecified atom stereocenters. The van der Waals surface area contributed by atoms with E-state index in [4.69, 9.17) is 5.73 Å². The van der Waals surface area contributed by atoms with E-state index in [-0.39, 0.29) is 23.5 Å². The van der Waals surface area contributed by atoms with Crippen molar-refractivity contribution < 1.29 is 9.90 Å². The lowest BCUT2D eigenvalue weighted by Gasteiger charge is -2.46. The molecule has 5 nitrogen and oxygen atoms in total. The minimum Gasteiger partial charge on any atom is -0.390 e. The summed E-state index contributed by atoms with van der Waals surface area (Å²) < 4.78 is 0. The van der Waals surface area contributed by atoms with E-state index in [2.05, 4.69) is 22.3 Å². The predicted molar refractivity (Wildman–Crippen MR) is 124 cm³/mol. The fourth-order valence-corrected chi connectivity index (χ4v) is 5.78. The number of fused-ring (bicyclic) bond motifs is 1. The van der Waals surface area contributed by atoms with Crippen molar-refractivity contribution in [3.63, 3.8) is 0 Å². The minimum atomic E-state index is -0.647. The van der Waals surface area contributed by atoms with E-state index in [0.717, 1.165) is 17.9 Å². The van der Waals surface area contributed by atoms with E-state index in [1.54, 1.807) is 11.8 Å². The van der Waals surface area contributed by atoms with Gasteiger partial charge in [-0.15, -0.1) is 11.8 Å². The number of piperidine rings is 1. The molecule has 1 amide bonds. The number of nitrogens with one attached hydrogen (secondary N) is 1. The highest BCUT2D eigenvalue weighted by molar-refractivity contribution is 7.99. The van der Waals surface area contributed by atoms with Crippen molar-refractivity contribution in [1.82, 2.24) is 10.2 Å². The number of benzene rings is 1. The molecule has 3 rings (SSSR count). The van der Waals surface area contributed by atoms with E-state index in [0.29, 0.717) is 24.1 Å². The Kier molecular flexibility index (Phi) is 8.24.